The average molecular weight is 438 g/mol. The summed E-state index contributed by atoms with van der Waals surface area (Å²) in [5, 5.41) is 26.7. The van der Waals surface area contributed by atoms with Gasteiger partial charge in [-0.15, -0.1) is 0 Å². The average Bonchev–Trinajstić information content (AvgIpc) is 2.91. The molecule has 5 N–H and O–H groups in total. The summed E-state index contributed by atoms with van der Waals surface area (Å²) in [6.07, 6.45) is 0. The molecule has 168 valence electrons. The number of hydrogen-bond donors (Lipinski definition) is 5. The summed E-state index contributed by atoms with van der Waals surface area (Å²) in [6.45, 7) is 10.8. The lowest BCUT2D eigenvalue weighted by Crippen LogP contribution is -2.44. The fraction of sp³-hybridized carbons (Fsp3) is 0.348. The van der Waals surface area contributed by atoms with Crippen LogP contribution in [0.25, 0.3) is 10.8 Å². The quantitative estimate of drug-likeness (QED) is 0.283. The van der Waals surface area contributed by atoms with E-state index in [-0.39, 0.29) is 44.4 Å². The van der Waals surface area contributed by atoms with Gasteiger partial charge in [0.1, 0.15) is 5.84 Å². The zero-order chi connectivity index (χ0) is 24.2. The first-order valence-corrected chi connectivity index (χ1v) is 10.0. The number of carboxylic acid groups (broad SMARTS) is 1. The molecule has 0 aliphatic carbocycles. The summed E-state index contributed by atoms with van der Waals surface area (Å²) in [4.78, 5) is 50.8. The summed E-state index contributed by atoms with van der Waals surface area (Å²) < 4.78 is 0. The maximum absolute atomic E-state index is 13.4. The monoisotopic (exact) mass is 438 g/mol. The summed E-state index contributed by atoms with van der Waals surface area (Å²) in [5.74, 6) is -3.69. The van der Waals surface area contributed by atoms with E-state index in [4.69, 9.17) is 5.41 Å². The molecular formula is C23H26N4O5. The Labute approximate surface area is 185 Å². The first-order chi connectivity index (χ1) is 14.6. The van der Waals surface area contributed by atoms with Gasteiger partial charge in [0, 0.05) is 22.0 Å². The van der Waals surface area contributed by atoms with Crippen LogP contribution >= 0.6 is 0 Å². The van der Waals surface area contributed by atoms with Gasteiger partial charge in [-0.3, -0.25) is 25.1 Å². The van der Waals surface area contributed by atoms with Gasteiger partial charge < -0.3 is 15.7 Å². The van der Waals surface area contributed by atoms with Crippen molar-refractivity contribution in [3.05, 3.63) is 46.0 Å². The van der Waals surface area contributed by atoms with Crippen molar-refractivity contribution >= 4 is 40.3 Å². The Hall–Kier alpha value is -3.75. The van der Waals surface area contributed by atoms with E-state index in [0.717, 1.165) is 0 Å². The van der Waals surface area contributed by atoms with Crippen molar-refractivity contribution in [2.75, 3.05) is 0 Å². The van der Waals surface area contributed by atoms with Crippen LogP contribution in [-0.2, 0) is 0 Å². The molecule has 0 unspecified atom stereocenters. The Morgan fingerprint density at radius 1 is 0.906 bits per heavy atom. The fourth-order valence-corrected chi connectivity index (χ4v) is 3.73. The van der Waals surface area contributed by atoms with Crippen LogP contribution in [-0.4, -0.2) is 45.7 Å². The third-order valence-corrected chi connectivity index (χ3v) is 4.71. The van der Waals surface area contributed by atoms with Gasteiger partial charge in [-0.2, -0.15) is 0 Å². The third kappa shape index (κ3) is 4.05. The van der Waals surface area contributed by atoms with Gasteiger partial charge in [0.25, 0.3) is 17.7 Å². The van der Waals surface area contributed by atoms with Crippen molar-refractivity contribution in [1.82, 2.24) is 16.0 Å². The number of carboxylic acids is 1. The predicted octanol–water partition coefficient (Wildman–Crippen LogP) is 2.66. The number of fused-ring (bicyclic) bond motifs is 3. The number of imide groups is 1. The highest BCUT2D eigenvalue weighted by molar-refractivity contribution is 6.34. The number of carbonyl (C=O) groups is 4. The number of carbonyl (C=O) groups excluding carboxylic acids is 3. The third-order valence-electron chi connectivity index (χ3n) is 4.71. The molecule has 1 aliphatic heterocycles. The fourth-order valence-electron chi connectivity index (χ4n) is 3.73. The Bertz CT molecular complexity index is 1220. The van der Waals surface area contributed by atoms with Gasteiger partial charge in [0.15, 0.2) is 0 Å². The molecule has 0 spiro atoms. The number of amides is 3. The van der Waals surface area contributed by atoms with E-state index in [1.807, 2.05) is 20.8 Å². The number of amidine groups is 1. The highest BCUT2D eigenvalue weighted by Gasteiger charge is 2.39. The van der Waals surface area contributed by atoms with Gasteiger partial charge >= 0.3 is 5.97 Å². The van der Waals surface area contributed by atoms with Crippen molar-refractivity contribution in [3.8, 4) is 0 Å². The summed E-state index contributed by atoms with van der Waals surface area (Å²) in [6, 6.07) is 4.34. The van der Waals surface area contributed by atoms with E-state index < -0.39 is 34.8 Å². The molecule has 0 saturated heterocycles. The molecule has 0 radical (unpaired) electrons. The van der Waals surface area contributed by atoms with Gasteiger partial charge in [-0.1, -0.05) is 12.1 Å². The lowest BCUT2D eigenvalue weighted by Gasteiger charge is -2.27. The molecule has 1 aliphatic rings. The van der Waals surface area contributed by atoms with Crippen molar-refractivity contribution in [2.24, 2.45) is 0 Å². The second kappa shape index (κ2) is 7.44. The van der Waals surface area contributed by atoms with Gasteiger partial charge in [-0.25, -0.2) is 4.79 Å². The molecule has 32 heavy (non-hydrogen) atoms. The topological polar surface area (TPSA) is 148 Å². The lowest BCUT2D eigenvalue weighted by molar-refractivity contribution is 0.0698. The van der Waals surface area contributed by atoms with E-state index in [9.17, 15) is 24.3 Å². The van der Waals surface area contributed by atoms with Crippen LogP contribution in [0, 0.1) is 5.41 Å². The van der Waals surface area contributed by atoms with Gasteiger partial charge in [0.05, 0.1) is 22.3 Å². The Morgan fingerprint density at radius 3 is 2.00 bits per heavy atom. The van der Waals surface area contributed by atoms with Crippen LogP contribution in [0.5, 0.6) is 0 Å². The van der Waals surface area contributed by atoms with Crippen molar-refractivity contribution in [3.63, 3.8) is 0 Å². The van der Waals surface area contributed by atoms with Gasteiger partial charge in [-0.05, 0) is 53.0 Å². The number of benzene rings is 2. The molecule has 0 bridgehead atoms. The summed E-state index contributed by atoms with van der Waals surface area (Å²) in [7, 11) is 0. The zero-order valence-electron chi connectivity index (χ0n) is 18.8. The van der Waals surface area contributed by atoms with E-state index >= 15 is 0 Å². The van der Waals surface area contributed by atoms with Crippen LogP contribution in [0.2, 0.25) is 0 Å². The Kier molecular flexibility index (Phi) is 5.33. The Morgan fingerprint density at radius 2 is 1.47 bits per heavy atom. The first kappa shape index (κ1) is 22.9. The molecule has 1 heterocycles. The van der Waals surface area contributed by atoms with E-state index in [2.05, 4.69) is 16.0 Å². The number of nitrogens with one attached hydrogen (secondary N) is 4. The summed E-state index contributed by atoms with van der Waals surface area (Å²) in [5.41, 5.74) is -1.92. The second-order valence-electron chi connectivity index (χ2n) is 9.77. The van der Waals surface area contributed by atoms with Crippen LogP contribution in [0.4, 0.5) is 0 Å². The van der Waals surface area contributed by atoms with Crippen molar-refractivity contribution in [1.29, 1.82) is 5.41 Å². The maximum Gasteiger partial charge on any atom is 0.336 e. The standard InChI is InChI=1S/C23H26N4O5/c1-22(2,3)26-17(24)13-10-8-7-9-11(21(31)32)12(10)14-16(19(29)25-18(14)28)15(13)20(30)27-23(4,5)6/h7-9H,1-6H3,(H2,24,26)(H,27,30)(H,31,32)(H,25,28,29). The lowest BCUT2D eigenvalue weighted by atomic mass is 9.86. The molecule has 2 aromatic carbocycles. The number of hydrogen-bond acceptors (Lipinski definition) is 5. The molecule has 3 amide bonds. The molecule has 0 fully saturated rings. The van der Waals surface area contributed by atoms with Crippen LogP contribution in [0.1, 0.15) is 88.5 Å². The molecule has 0 atom stereocenters. The van der Waals surface area contributed by atoms with Gasteiger partial charge in [0.2, 0.25) is 0 Å². The van der Waals surface area contributed by atoms with Crippen molar-refractivity contribution in [2.45, 2.75) is 52.6 Å². The van der Waals surface area contributed by atoms with E-state index in [1.54, 1.807) is 26.8 Å². The van der Waals surface area contributed by atoms with E-state index in [1.165, 1.54) is 12.1 Å². The molecule has 9 nitrogen and oxygen atoms in total. The normalized spacial score (nSPS) is 13.6. The van der Waals surface area contributed by atoms with Crippen molar-refractivity contribution < 1.29 is 24.3 Å². The second-order valence-corrected chi connectivity index (χ2v) is 9.77. The molecule has 0 aromatic heterocycles. The number of rotatable bonds is 3. The zero-order valence-corrected chi connectivity index (χ0v) is 18.8. The molecule has 9 heteroatoms. The highest BCUT2D eigenvalue weighted by atomic mass is 16.4. The minimum absolute atomic E-state index is 0.0149. The number of aromatic carboxylic acids is 1. The van der Waals surface area contributed by atoms with Crippen LogP contribution in [0.3, 0.4) is 0 Å². The predicted molar refractivity (Wildman–Crippen MR) is 120 cm³/mol. The first-order valence-electron chi connectivity index (χ1n) is 10.0. The van der Waals surface area contributed by atoms with E-state index in [0.29, 0.717) is 0 Å². The highest BCUT2D eigenvalue weighted by Crippen LogP contribution is 2.36. The SMILES string of the molecule is CC(C)(C)NC(=N)c1c(C(=O)NC(C)(C)C)c2c(c3c(C(=O)O)cccc13)C(=O)NC2=O. The molecule has 2 aromatic rings. The smallest absolute Gasteiger partial charge is 0.336 e. The largest absolute Gasteiger partial charge is 0.478 e. The minimum Gasteiger partial charge on any atom is -0.478 e. The Balaban J connectivity index is 2.54. The minimum atomic E-state index is -1.29. The van der Waals surface area contributed by atoms with Crippen LogP contribution < -0.4 is 16.0 Å². The molecular weight excluding hydrogens is 412 g/mol. The molecule has 3 rings (SSSR count). The van der Waals surface area contributed by atoms with Crippen LogP contribution in [0.15, 0.2) is 18.2 Å². The molecule has 0 saturated carbocycles. The summed E-state index contributed by atoms with van der Waals surface area (Å²) >= 11 is 0. The maximum atomic E-state index is 13.4.